The molecule has 0 N–H and O–H groups in total. The molecule has 0 amide bonds. The normalized spacial score (nSPS) is 13.9. The molecule has 0 aromatic heterocycles. The smallest absolute Gasteiger partial charge is 0.343 e. The molecule has 0 saturated carbocycles. The Bertz CT molecular complexity index is 1440. The molecule has 1 unspecified atom stereocenters. The molecule has 0 radical (unpaired) electrons. The van der Waals surface area contributed by atoms with E-state index >= 15 is 0 Å². The Hall–Kier alpha value is -4.85. The first-order valence-electron chi connectivity index (χ1n) is 16.4. The third-order valence-electron chi connectivity index (χ3n) is 7.79. The van der Waals surface area contributed by atoms with Crippen molar-refractivity contribution >= 4 is 17.9 Å². The van der Waals surface area contributed by atoms with Crippen LogP contribution in [0.5, 0.6) is 17.2 Å². The fourth-order valence-electron chi connectivity index (χ4n) is 5.10. The van der Waals surface area contributed by atoms with Gasteiger partial charge in [0.15, 0.2) is 0 Å². The molecule has 3 aromatic carbocycles. The van der Waals surface area contributed by atoms with Crippen molar-refractivity contribution < 1.29 is 38.1 Å². The Labute approximate surface area is 277 Å². The first kappa shape index (κ1) is 35.0. The van der Waals surface area contributed by atoms with Crippen LogP contribution in [0.15, 0.2) is 97.6 Å². The Kier molecular flexibility index (Phi) is 14.1. The second-order valence-electron chi connectivity index (χ2n) is 11.5. The number of ether oxygens (including phenoxy) is 5. The highest BCUT2D eigenvalue weighted by Gasteiger charge is 2.26. The minimum atomic E-state index is -0.440. The van der Waals surface area contributed by atoms with Crippen LogP contribution in [0.1, 0.15) is 74.6 Å². The third-order valence-corrected chi connectivity index (χ3v) is 7.79. The zero-order valence-electron chi connectivity index (χ0n) is 27.0. The number of unbranched alkanes of at least 4 members (excludes halogenated alkanes) is 6. The summed E-state index contributed by atoms with van der Waals surface area (Å²) in [6.07, 6.45) is 10.5. The minimum absolute atomic E-state index is 0.0677. The van der Waals surface area contributed by atoms with Gasteiger partial charge in [-0.2, -0.15) is 0 Å². The van der Waals surface area contributed by atoms with Gasteiger partial charge < -0.3 is 23.7 Å². The van der Waals surface area contributed by atoms with Crippen LogP contribution >= 0.6 is 0 Å². The van der Waals surface area contributed by atoms with Crippen molar-refractivity contribution in [2.24, 2.45) is 0 Å². The van der Waals surface area contributed by atoms with E-state index < -0.39 is 5.97 Å². The highest BCUT2D eigenvalue weighted by Crippen LogP contribution is 2.26. The second-order valence-corrected chi connectivity index (χ2v) is 11.5. The summed E-state index contributed by atoms with van der Waals surface area (Å²) in [4.78, 5) is 35.1. The average molecular weight is 641 g/mol. The molecule has 1 fully saturated rings. The Morgan fingerprint density at radius 1 is 0.702 bits per heavy atom. The summed E-state index contributed by atoms with van der Waals surface area (Å²) in [5.41, 5.74) is 3.03. The lowest BCUT2D eigenvalue weighted by Crippen LogP contribution is -2.08. The molecule has 248 valence electrons. The molecule has 1 heterocycles. The molecule has 0 spiro atoms. The van der Waals surface area contributed by atoms with Gasteiger partial charge in [0.1, 0.15) is 23.4 Å². The van der Waals surface area contributed by atoms with Crippen LogP contribution in [0.4, 0.5) is 0 Å². The molecule has 1 saturated heterocycles. The number of carbonyl (C=O) groups is 3. The summed E-state index contributed by atoms with van der Waals surface area (Å²) in [5.74, 6) is 0.888. The van der Waals surface area contributed by atoms with Crippen LogP contribution in [-0.2, 0) is 19.1 Å². The highest BCUT2D eigenvalue weighted by atomic mass is 16.6. The van der Waals surface area contributed by atoms with Crippen LogP contribution in [-0.4, -0.2) is 43.8 Å². The topological polar surface area (TPSA) is 97.4 Å². The summed E-state index contributed by atoms with van der Waals surface area (Å²) < 4.78 is 27.5. The predicted octanol–water partition coefficient (Wildman–Crippen LogP) is 8.44. The van der Waals surface area contributed by atoms with Crippen molar-refractivity contribution in [2.45, 2.75) is 70.3 Å². The van der Waals surface area contributed by atoms with Gasteiger partial charge in [-0.15, -0.1) is 0 Å². The molecular formula is C39H44O8. The van der Waals surface area contributed by atoms with Gasteiger partial charge in [0.05, 0.1) is 25.4 Å². The molecule has 8 nitrogen and oxygen atoms in total. The summed E-state index contributed by atoms with van der Waals surface area (Å²) >= 11 is 0. The van der Waals surface area contributed by atoms with E-state index in [1.165, 1.54) is 6.08 Å². The number of benzene rings is 3. The highest BCUT2D eigenvalue weighted by molar-refractivity contribution is 5.91. The van der Waals surface area contributed by atoms with E-state index in [1.54, 1.807) is 36.4 Å². The summed E-state index contributed by atoms with van der Waals surface area (Å²) in [6.45, 7) is 8.76. The maximum atomic E-state index is 12.7. The van der Waals surface area contributed by atoms with Crippen molar-refractivity contribution in [1.82, 2.24) is 0 Å². The van der Waals surface area contributed by atoms with Gasteiger partial charge in [0, 0.05) is 18.1 Å². The SMILES string of the molecule is C=CC(=O)OCCCCCCCCOc1ccc(-c2ccc(OC(=O)c3ccc(OCCCCC4CC(=C)C(=O)O4)cc3)cc2)cc1. The molecule has 3 aromatic rings. The largest absolute Gasteiger partial charge is 0.494 e. The predicted molar refractivity (Wildman–Crippen MR) is 181 cm³/mol. The molecule has 0 aliphatic carbocycles. The number of carbonyl (C=O) groups excluding carboxylic acids is 3. The minimum Gasteiger partial charge on any atom is -0.494 e. The van der Waals surface area contributed by atoms with Gasteiger partial charge in [-0.05, 0) is 91.8 Å². The Morgan fingerprint density at radius 3 is 1.77 bits per heavy atom. The first-order chi connectivity index (χ1) is 22.9. The van der Waals surface area contributed by atoms with Crippen LogP contribution in [0.2, 0.25) is 0 Å². The van der Waals surface area contributed by atoms with Crippen molar-refractivity contribution in [1.29, 1.82) is 0 Å². The number of rotatable bonds is 20. The summed E-state index contributed by atoms with van der Waals surface area (Å²) in [7, 11) is 0. The third kappa shape index (κ3) is 12.1. The van der Waals surface area contributed by atoms with Crippen molar-refractivity contribution in [2.75, 3.05) is 19.8 Å². The number of cyclic esters (lactones) is 1. The fourth-order valence-corrected chi connectivity index (χ4v) is 5.10. The number of esters is 3. The molecule has 4 rings (SSSR count). The van der Waals surface area contributed by atoms with Gasteiger partial charge in [0.2, 0.25) is 0 Å². The Morgan fingerprint density at radius 2 is 1.21 bits per heavy atom. The Balaban J connectivity index is 1.09. The maximum Gasteiger partial charge on any atom is 0.343 e. The van der Waals surface area contributed by atoms with E-state index in [9.17, 15) is 14.4 Å². The van der Waals surface area contributed by atoms with Crippen LogP contribution in [0, 0.1) is 0 Å². The van der Waals surface area contributed by atoms with Gasteiger partial charge in [0.25, 0.3) is 0 Å². The van der Waals surface area contributed by atoms with Crippen LogP contribution in [0.25, 0.3) is 11.1 Å². The quantitative estimate of drug-likeness (QED) is 0.0525. The fraction of sp³-hybridized carbons (Fsp3) is 0.359. The van der Waals surface area contributed by atoms with E-state index in [2.05, 4.69) is 13.2 Å². The molecule has 1 aliphatic heterocycles. The summed E-state index contributed by atoms with van der Waals surface area (Å²) in [5, 5.41) is 0. The number of hydrogen-bond acceptors (Lipinski definition) is 8. The molecule has 8 heteroatoms. The van der Waals surface area contributed by atoms with E-state index in [-0.39, 0.29) is 18.0 Å². The first-order valence-corrected chi connectivity index (χ1v) is 16.4. The van der Waals surface area contributed by atoms with Crippen LogP contribution in [0.3, 0.4) is 0 Å². The average Bonchev–Trinajstić information content (AvgIpc) is 3.42. The molecular weight excluding hydrogens is 596 g/mol. The monoisotopic (exact) mass is 640 g/mol. The van der Waals surface area contributed by atoms with E-state index in [4.69, 9.17) is 23.7 Å². The standard InChI is InChI=1S/C39H44O8/c1-3-37(40)45-27-10-7-5-4-6-9-25-43-33-19-13-30(14-20-33)31-15-23-35(24-16-31)46-39(42)32-17-21-34(22-18-32)44-26-11-8-12-36-28-29(2)38(41)47-36/h3,13-24,36H,1-2,4-12,25-28H2. The molecule has 0 bridgehead atoms. The molecule has 47 heavy (non-hydrogen) atoms. The lowest BCUT2D eigenvalue weighted by molar-refractivity contribution is -0.139. The van der Waals surface area contributed by atoms with E-state index in [0.717, 1.165) is 74.7 Å². The van der Waals surface area contributed by atoms with Crippen molar-refractivity contribution in [3.63, 3.8) is 0 Å². The lowest BCUT2D eigenvalue weighted by Gasteiger charge is -2.10. The van der Waals surface area contributed by atoms with Crippen molar-refractivity contribution in [3.05, 3.63) is 103 Å². The van der Waals surface area contributed by atoms with E-state index in [1.807, 2.05) is 36.4 Å². The number of hydrogen-bond donors (Lipinski definition) is 0. The van der Waals surface area contributed by atoms with Gasteiger partial charge >= 0.3 is 17.9 Å². The maximum absolute atomic E-state index is 12.7. The van der Waals surface area contributed by atoms with Gasteiger partial charge in [-0.3, -0.25) is 0 Å². The van der Waals surface area contributed by atoms with Crippen molar-refractivity contribution in [3.8, 4) is 28.4 Å². The van der Waals surface area contributed by atoms with Crippen LogP contribution < -0.4 is 14.2 Å². The zero-order chi connectivity index (χ0) is 33.3. The summed E-state index contributed by atoms with van der Waals surface area (Å²) in [6, 6.07) is 22.3. The van der Waals surface area contributed by atoms with Gasteiger partial charge in [-0.1, -0.05) is 63.1 Å². The van der Waals surface area contributed by atoms with E-state index in [0.29, 0.717) is 48.9 Å². The lowest BCUT2D eigenvalue weighted by atomic mass is 10.1. The second kappa shape index (κ2) is 19.0. The zero-order valence-corrected chi connectivity index (χ0v) is 27.0. The van der Waals surface area contributed by atoms with Gasteiger partial charge in [-0.25, -0.2) is 14.4 Å². The molecule has 1 aliphatic rings. The molecule has 1 atom stereocenters.